The molecule has 0 atom stereocenters. The molecule has 0 aliphatic heterocycles. The molecule has 0 spiro atoms. The van der Waals surface area contributed by atoms with Crippen LogP contribution in [0.1, 0.15) is 38.3 Å². The Labute approximate surface area is 121 Å². The Kier molecular flexibility index (Phi) is 6.13. The first-order chi connectivity index (χ1) is 9.69. The van der Waals surface area contributed by atoms with E-state index < -0.39 is 5.60 Å². The molecule has 2 rings (SSSR count). The molecular formula is C18H22O2. The summed E-state index contributed by atoms with van der Waals surface area (Å²) in [4.78, 5) is 12.2. The Morgan fingerprint density at radius 2 is 1.25 bits per heavy atom. The quantitative estimate of drug-likeness (QED) is 0.914. The monoisotopic (exact) mass is 270 g/mol. The Balaban J connectivity index is 0.000000956. The van der Waals surface area contributed by atoms with Crippen LogP contribution in [0.4, 0.5) is 0 Å². The van der Waals surface area contributed by atoms with Gasteiger partial charge in [-0.2, -0.15) is 0 Å². The molecule has 0 unspecified atom stereocenters. The molecule has 2 aromatic carbocycles. The molecule has 2 nitrogen and oxygen atoms in total. The molecule has 0 bridgehead atoms. The van der Waals surface area contributed by atoms with E-state index in [-0.39, 0.29) is 5.78 Å². The first kappa shape index (κ1) is 16.1. The normalized spacial score (nSPS) is 10.4. The summed E-state index contributed by atoms with van der Waals surface area (Å²) in [6.45, 7) is 5.76. The van der Waals surface area contributed by atoms with Crippen molar-refractivity contribution in [2.45, 2.75) is 32.8 Å². The van der Waals surface area contributed by atoms with E-state index in [1.807, 2.05) is 50.2 Å². The number of carbonyl (C=O) groups excluding carboxylic acids is 1. The summed E-state index contributed by atoms with van der Waals surface area (Å²) in [5.41, 5.74) is -0.317. The Morgan fingerprint density at radius 3 is 1.55 bits per heavy atom. The second-order valence-corrected chi connectivity index (χ2v) is 4.22. The second-order valence-electron chi connectivity index (χ2n) is 4.22. The topological polar surface area (TPSA) is 37.3 Å². The molecular weight excluding hydrogens is 248 g/mol. The van der Waals surface area contributed by atoms with Gasteiger partial charge in [0.1, 0.15) is 0 Å². The highest BCUT2D eigenvalue weighted by atomic mass is 16.3. The predicted molar refractivity (Wildman–Crippen MR) is 82.5 cm³/mol. The number of Topliss-reactive ketones (excluding diaryl/α,β-unsaturated/α-hetero) is 1. The Morgan fingerprint density at radius 1 is 0.900 bits per heavy atom. The standard InChI is InChI=1S/C16H16O2.C2H6/c1-2-15(17)16(18,13-9-5-3-6-10-13)14-11-7-4-8-12-14;1-2/h3-12,18H,2H2,1H3;1-2H3. The predicted octanol–water partition coefficient (Wildman–Crippen LogP) is 3.93. The van der Waals surface area contributed by atoms with E-state index in [4.69, 9.17) is 0 Å². The lowest BCUT2D eigenvalue weighted by atomic mass is 9.82. The lowest BCUT2D eigenvalue weighted by Crippen LogP contribution is -2.36. The van der Waals surface area contributed by atoms with E-state index in [9.17, 15) is 9.90 Å². The summed E-state index contributed by atoms with van der Waals surface area (Å²) in [5.74, 6) is -0.195. The van der Waals surface area contributed by atoms with Crippen LogP contribution in [0.2, 0.25) is 0 Å². The van der Waals surface area contributed by atoms with Crippen molar-refractivity contribution in [2.75, 3.05) is 0 Å². The molecule has 0 fully saturated rings. The molecule has 20 heavy (non-hydrogen) atoms. The summed E-state index contributed by atoms with van der Waals surface area (Å²) in [6, 6.07) is 18.1. The third kappa shape index (κ3) is 3.14. The van der Waals surface area contributed by atoms with Crippen LogP contribution >= 0.6 is 0 Å². The van der Waals surface area contributed by atoms with Gasteiger partial charge in [0.25, 0.3) is 0 Å². The Hall–Kier alpha value is -1.93. The van der Waals surface area contributed by atoms with E-state index in [1.54, 1.807) is 31.2 Å². The number of ketones is 1. The summed E-state index contributed by atoms with van der Waals surface area (Å²) in [5, 5.41) is 10.9. The van der Waals surface area contributed by atoms with Crippen LogP contribution in [-0.4, -0.2) is 10.9 Å². The van der Waals surface area contributed by atoms with Crippen LogP contribution in [0, 0.1) is 0 Å². The van der Waals surface area contributed by atoms with Gasteiger partial charge in [0.2, 0.25) is 0 Å². The Bertz CT molecular complexity index is 478. The molecule has 1 N–H and O–H groups in total. The number of hydrogen-bond acceptors (Lipinski definition) is 2. The second kappa shape index (κ2) is 7.61. The van der Waals surface area contributed by atoms with Crippen LogP contribution in [0.15, 0.2) is 60.7 Å². The lowest BCUT2D eigenvalue weighted by Gasteiger charge is -2.27. The van der Waals surface area contributed by atoms with E-state index in [0.717, 1.165) is 0 Å². The zero-order valence-electron chi connectivity index (χ0n) is 12.3. The average molecular weight is 270 g/mol. The van der Waals surface area contributed by atoms with Gasteiger partial charge in [0.15, 0.2) is 11.4 Å². The highest BCUT2D eigenvalue weighted by Gasteiger charge is 2.37. The third-order valence-corrected chi connectivity index (χ3v) is 3.11. The van der Waals surface area contributed by atoms with Crippen molar-refractivity contribution in [1.29, 1.82) is 0 Å². The van der Waals surface area contributed by atoms with Crippen LogP contribution in [0.3, 0.4) is 0 Å². The van der Waals surface area contributed by atoms with Gasteiger partial charge in [-0.05, 0) is 11.1 Å². The van der Waals surface area contributed by atoms with Gasteiger partial charge in [-0.1, -0.05) is 81.4 Å². The minimum atomic E-state index is -1.54. The van der Waals surface area contributed by atoms with Gasteiger partial charge in [0, 0.05) is 6.42 Å². The maximum absolute atomic E-state index is 12.2. The molecule has 0 saturated heterocycles. The number of rotatable bonds is 4. The molecule has 0 amide bonds. The van der Waals surface area contributed by atoms with Crippen molar-refractivity contribution in [3.8, 4) is 0 Å². The minimum absolute atomic E-state index is 0.195. The van der Waals surface area contributed by atoms with Gasteiger partial charge in [-0.25, -0.2) is 0 Å². The van der Waals surface area contributed by atoms with Crippen LogP contribution in [0.5, 0.6) is 0 Å². The van der Waals surface area contributed by atoms with Gasteiger partial charge < -0.3 is 5.11 Å². The lowest BCUT2D eigenvalue weighted by molar-refractivity contribution is -0.134. The summed E-state index contributed by atoms with van der Waals surface area (Å²) in [6.07, 6.45) is 0.292. The maximum atomic E-state index is 12.2. The molecule has 0 heterocycles. The molecule has 2 aromatic rings. The van der Waals surface area contributed by atoms with Gasteiger partial charge >= 0.3 is 0 Å². The smallest absolute Gasteiger partial charge is 0.173 e. The summed E-state index contributed by atoms with van der Waals surface area (Å²) in [7, 11) is 0. The van der Waals surface area contributed by atoms with Crippen molar-refractivity contribution in [3.05, 3.63) is 71.8 Å². The van der Waals surface area contributed by atoms with Gasteiger partial charge in [-0.15, -0.1) is 0 Å². The van der Waals surface area contributed by atoms with Crippen molar-refractivity contribution in [2.24, 2.45) is 0 Å². The number of hydrogen-bond donors (Lipinski definition) is 1. The SMILES string of the molecule is CC.CCC(=O)C(O)(c1ccccc1)c1ccccc1. The molecule has 0 saturated carbocycles. The number of aliphatic hydroxyl groups is 1. The molecule has 0 aromatic heterocycles. The van der Waals surface area contributed by atoms with E-state index >= 15 is 0 Å². The number of carbonyl (C=O) groups is 1. The van der Waals surface area contributed by atoms with E-state index in [2.05, 4.69) is 0 Å². The highest BCUT2D eigenvalue weighted by Crippen LogP contribution is 2.31. The molecule has 0 aliphatic rings. The molecule has 0 radical (unpaired) electrons. The van der Waals surface area contributed by atoms with Crippen molar-refractivity contribution < 1.29 is 9.90 Å². The maximum Gasteiger partial charge on any atom is 0.173 e. The van der Waals surface area contributed by atoms with Gasteiger partial charge in [-0.3, -0.25) is 4.79 Å². The van der Waals surface area contributed by atoms with Gasteiger partial charge in [0.05, 0.1) is 0 Å². The zero-order chi connectivity index (χ0) is 15.0. The molecule has 106 valence electrons. The number of benzene rings is 2. The fourth-order valence-corrected chi connectivity index (χ4v) is 2.10. The fourth-order valence-electron chi connectivity index (χ4n) is 2.10. The van der Waals surface area contributed by atoms with Crippen LogP contribution < -0.4 is 0 Å². The summed E-state index contributed by atoms with van der Waals surface area (Å²) < 4.78 is 0. The first-order valence-electron chi connectivity index (χ1n) is 7.06. The van der Waals surface area contributed by atoms with E-state index in [0.29, 0.717) is 17.5 Å². The minimum Gasteiger partial charge on any atom is -0.373 e. The largest absolute Gasteiger partial charge is 0.373 e. The van der Waals surface area contributed by atoms with E-state index in [1.165, 1.54) is 0 Å². The third-order valence-electron chi connectivity index (χ3n) is 3.11. The van der Waals surface area contributed by atoms with Crippen molar-refractivity contribution in [3.63, 3.8) is 0 Å². The fraction of sp³-hybridized carbons (Fsp3) is 0.278. The first-order valence-corrected chi connectivity index (χ1v) is 7.06. The molecule has 2 heteroatoms. The van der Waals surface area contributed by atoms with Crippen LogP contribution in [0.25, 0.3) is 0 Å². The van der Waals surface area contributed by atoms with Crippen LogP contribution in [-0.2, 0) is 10.4 Å². The summed E-state index contributed by atoms with van der Waals surface area (Å²) >= 11 is 0. The van der Waals surface area contributed by atoms with Crippen molar-refractivity contribution in [1.82, 2.24) is 0 Å². The zero-order valence-corrected chi connectivity index (χ0v) is 12.3. The average Bonchev–Trinajstić information content (AvgIpc) is 2.56. The molecule has 0 aliphatic carbocycles. The van der Waals surface area contributed by atoms with Crippen molar-refractivity contribution >= 4 is 5.78 Å². The highest BCUT2D eigenvalue weighted by molar-refractivity contribution is 5.91.